The molecule has 1 saturated heterocycles. The lowest BCUT2D eigenvalue weighted by atomic mass is 10.1. The number of nitrogens with one attached hydrogen (secondary N) is 1. The second-order valence-electron chi connectivity index (χ2n) is 6.94. The number of morpholine rings is 1. The third-order valence-corrected chi connectivity index (χ3v) is 6.00. The predicted molar refractivity (Wildman–Crippen MR) is 118 cm³/mol. The van der Waals surface area contributed by atoms with Gasteiger partial charge in [0.15, 0.2) is 16.6 Å². The van der Waals surface area contributed by atoms with Crippen molar-refractivity contribution in [3.05, 3.63) is 59.0 Å². The van der Waals surface area contributed by atoms with Gasteiger partial charge in [-0.2, -0.15) is 5.10 Å². The third-order valence-electron chi connectivity index (χ3n) is 4.95. The molecule has 1 amide bonds. The highest BCUT2D eigenvalue weighted by Crippen LogP contribution is 2.33. The smallest absolute Gasteiger partial charge is 0.271 e. The van der Waals surface area contributed by atoms with E-state index in [0.29, 0.717) is 30.3 Å². The SMILES string of the molecule is O=C(NN=Cc1sc(N2CCOCC2)nc1-c1ccccc1)c1ccc2c(c1)OCO2. The molecule has 0 unspecified atom stereocenters. The summed E-state index contributed by atoms with van der Waals surface area (Å²) < 4.78 is 16.1. The molecule has 158 valence electrons. The molecule has 3 heterocycles. The molecule has 0 bridgehead atoms. The minimum atomic E-state index is -0.325. The van der Waals surface area contributed by atoms with Crippen LogP contribution in [-0.2, 0) is 4.74 Å². The Kier molecular flexibility index (Phi) is 5.51. The summed E-state index contributed by atoms with van der Waals surface area (Å²) in [5.74, 6) is 0.863. The predicted octanol–water partition coefficient (Wildman–Crippen LogP) is 3.14. The van der Waals surface area contributed by atoms with Gasteiger partial charge >= 0.3 is 0 Å². The minimum absolute atomic E-state index is 0.164. The highest BCUT2D eigenvalue weighted by atomic mass is 32.1. The van der Waals surface area contributed by atoms with Gasteiger partial charge in [0.2, 0.25) is 6.79 Å². The molecule has 8 nitrogen and oxygen atoms in total. The zero-order chi connectivity index (χ0) is 21.0. The molecule has 0 radical (unpaired) electrons. The number of hydrazone groups is 1. The molecule has 2 aliphatic heterocycles. The molecule has 0 spiro atoms. The van der Waals surface area contributed by atoms with E-state index in [4.69, 9.17) is 19.2 Å². The van der Waals surface area contributed by atoms with Crippen molar-refractivity contribution < 1.29 is 19.0 Å². The molecule has 2 aliphatic rings. The zero-order valence-corrected chi connectivity index (χ0v) is 17.4. The second kappa shape index (κ2) is 8.75. The van der Waals surface area contributed by atoms with Gasteiger partial charge < -0.3 is 19.1 Å². The Bertz CT molecular complexity index is 1110. The highest BCUT2D eigenvalue weighted by molar-refractivity contribution is 7.17. The van der Waals surface area contributed by atoms with Crippen LogP contribution in [0, 0.1) is 0 Å². The maximum absolute atomic E-state index is 12.5. The quantitative estimate of drug-likeness (QED) is 0.489. The van der Waals surface area contributed by atoms with Crippen molar-refractivity contribution >= 4 is 28.6 Å². The number of anilines is 1. The van der Waals surface area contributed by atoms with Crippen molar-refractivity contribution in [3.8, 4) is 22.8 Å². The van der Waals surface area contributed by atoms with Crippen LogP contribution in [0.1, 0.15) is 15.2 Å². The molecule has 5 rings (SSSR count). The maximum Gasteiger partial charge on any atom is 0.271 e. The minimum Gasteiger partial charge on any atom is -0.454 e. The number of hydrogen-bond acceptors (Lipinski definition) is 8. The number of rotatable bonds is 5. The van der Waals surface area contributed by atoms with Gasteiger partial charge in [0.05, 0.1) is 30.0 Å². The fraction of sp³-hybridized carbons (Fsp3) is 0.227. The van der Waals surface area contributed by atoms with Crippen LogP contribution in [0.2, 0.25) is 0 Å². The molecule has 31 heavy (non-hydrogen) atoms. The number of aromatic nitrogens is 1. The van der Waals surface area contributed by atoms with E-state index in [1.807, 2.05) is 30.3 Å². The summed E-state index contributed by atoms with van der Waals surface area (Å²) in [6.45, 7) is 3.15. The standard InChI is InChI=1S/C22H20N4O4S/c27-21(16-6-7-17-18(12-16)30-14-29-17)25-23-13-19-20(15-4-2-1-3-5-15)24-22(31-19)26-8-10-28-11-9-26/h1-7,12-13H,8-11,14H2,(H,25,27). The molecule has 1 aromatic heterocycles. The first-order chi connectivity index (χ1) is 15.3. The van der Waals surface area contributed by atoms with E-state index in [1.165, 1.54) is 0 Å². The van der Waals surface area contributed by atoms with Crippen LogP contribution in [0.4, 0.5) is 5.13 Å². The van der Waals surface area contributed by atoms with Crippen LogP contribution in [0.3, 0.4) is 0 Å². The van der Waals surface area contributed by atoms with Crippen LogP contribution in [0.5, 0.6) is 11.5 Å². The Morgan fingerprint density at radius 1 is 1.10 bits per heavy atom. The monoisotopic (exact) mass is 436 g/mol. The zero-order valence-electron chi connectivity index (χ0n) is 16.6. The van der Waals surface area contributed by atoms with E-state index in [2.05, 4.69) is 15.4 Å². The number of fused-ring (bicyclic) bond motifs is 1. The largest absolute Gasteiger partial charge is 0.454 e. The molecular weight excluding hydrogens is 416 g/mol. The van der Waals surface area contributed by atoms with Crippen molar-refractivity contribution in [1.82, 2.24) is 10.4 Å². The number of amides is 1. The lowest BCUT2D eigenvalue weighted by Crippen LogP contribution is -2.36. The molecule has 3 aromatic rings. The Morgan fingerprint density at radius 2 is 1.90 bits per heavy atom. The summed E-state index contributed by atoms with van der Waals surface area (Å²) in [6, 6.07) is 15.0. The molecule has 0 saturated carbocycles. The van der Waals surface area contributed by atoms with Crippen LogP contribution in [0.25, 0.3) is 11.3 Å². The number of thiazole rings is 1. The number of carbonyl (C=O) groups is 1. The normalized spacial score (nSPS) is 15.4. The highest BCUT2D eigenvalue weighted by Gasteiger charge is 2.19. The van der Waals surface area contributed by atoms with E-state index in [9.17, 15) is 4.79 Å². The summed E-state index contributed by atoms with van der Waals surface area (Å²) in [6.07, 6.45) is 1.65. The molecule has 1 fully saturated rings. The van der Waals surface area contributed by atoms with Gasteiger partial charge in [-0.15, -0.1) is 0 Å². The van der Waals surface area contributed by atoms with Crippen LogP contribution in [-0.4, -0.2) is 50.2 Å². The number of hydrogen-bond donors (Lipinski definition) is 1. The molecule has 1 N–H and O–H groups in total. The van der Waals surface area contributed by atoms with Gasteiger partial charge in [0.25, 0.3) is 5.91 Å². The van der Waals surface area contributed by atoms with E-state index in [1.54, 1.807) is 35.8 Å². The number of ether oxygens (including phenoxy) is 3. The number of benzene rings is 2. The maximum atomic E-state index is 12.5. The number of carbonyl (C=O) groups excluding carboxylic acids is 1. The van der Waals surface area contributed by atoms with Gasteiger partial charge in [0.1, 0.15) is 0 Å². The summed E-state index contributed by atoms with van der Waals surface area (Å²) >= 11 is 1.55. The lowest BCUT2D eigenvalue weighted by molar-refractivity contribution is 0.0954. The summed E-state index contributed by atoms with van der Waals surface area (Å²) in [5.41, 5.74) is 4.88. The molecule has 2 aromatic carbocycles. The van der Waals surface area contributed by atoms with Gasteiger partial charge in [0, 0.05) is 24.2 Å². The topological polar surface area (TPSA) is 85.3 Å². The first-order valence-corrected chi connectivity index (χ1v) is 10.7. The van der Waals surface area contributed by atoms with Gasteiger partial charge in [-0.25, -0.2) is 10.4 Å². The average molecular weight is 436 g/mol. The summed E-state index contributed by atoms with van der Waals surface area (Å²) in [4.78, 5) is 20.4. The molecule has 0 atom stereocenters. The van der Waals surface area contributed by atoms with E-state index in [0.717, 1.165) is 34.4 Å². The molecular formula is C22H20N4O4S. The summed E-state index contributed by atoms with van der Waals surface area (Å²) in [5, 5.41) is 5.11. The van der Waals surface area contributed by atoms with E-state index >= 15 is 0 Å². The van der Waals surface area contributed by atoms with Crippen LogP contribution >= 0.6 is 11.3 Å². The Hall–Kier alpha value is -3.43. The van der Waals surface area contributed by atoms with Gasteiger partial charge in [-0.3, -0.25) is 4.79 Å². The van der Waals surface area contributed by atoms with E-state index < -0.39 is 0 Å². The second-order valence-corrected chi connectivity index (χ2v) is 7.95. The Balaban J connectivity index is 1.36. The summed E-state index contributed by atoms with van der Waals surface area (Å²) in [7, 11) is 0. The Labute approximate surface area is 183 Å². The van der Waals surface area contributed by atoms with Crippen LogP contribution in [0.15, 0.2) is 53.6 Å². The first-order valence-electron chi connectivity index (χ1n) is 9.90. The third kappa shape index (κ3) is 4.23. The fourth-order valence-corrected chi connectivity index (χ4v) is 4.36. The van der Waals surface area contributed by atoms with Crippen molar-refractivity contribution in [3.63, 3.8) is 0 Å². The van der Waals surface area contributed by atoms with Crippen molar-refractivity contribution in [2.75, 3.05) is 38.0 Å². The van der Waals surface area contributed by atoms with Crippen molar-refractivity contribution in [2.45, 2.75) is 0 Å². The fourth-order valence-electron chi connectivity index (χ4n) is 3.35. The van der Waals surface area contributed by atoms with Crippen molar-refractivity contribution in [2.24, 2.45) is 5.10 Å². The van der Waals surface area contributed by atoms with Crippen LogP contribution < -0.4 is 19.8 Å². The van der Waals surface area contributed by atoms with Gasteiger partial charge in [-0.1, -0.05) is 41.7 Å². The molecule has 9 heteroatoms. The first kappa shape index (κ1) is 19.5. The number of nitrogens with zero attached hydrogens (tertiary/aromatic N) is 3. The lowest BCUT2D eigenvalue weighted by Gasteiger charge is -2.26. The Morgan fingerprint density at radius 3 is 2.74 bits per heavy atom. The molecule has 0 aliphatic carbocycles. The van der Waals surface area contributed by atoms with E-state index in [-0.39, 0.29) is 12.7 Å². The average Bonchev–Trinajstić information content (AvgIpc) is 3.47. The van der Waals surface area contributed by atoms with Gasteiger partial charge in [-0.05, 0) is 18.2 Å². The van der Waals surface area contributed by atoms with Crippen molar-refractivity contribution in [1.29, 1.82) is 0 Å².